The van der Waals surface area contributed by atoms with E-state index in [0.717, 1.165) is 65.4 Å². The van der Waals surface area contributed by atoms with E-state index >= 15 is 0 Å². The summed E-state index contributed by atoms with van der Waals surface area (Å²) in [7, 11) is 0. The molecule has 0 N–H and O–H groups in total. The molecule has 126 heavy (non-hydrogen) atoms. The van der Waals surface area contributed by atoms with Crippen LogP contribution in [0.25, 0.3) is 106 Å². The topological polar surface area (TPSA) is 93.8 Å². The maximum Gasteiger partial charge on any atom is 0.294 e. The Morgan fingerprint density at radius 3 is 1.87 bits per heavy atom. The second kappa shape index (κ2) is 35.4. The molecule has 12 aromatic carbocycles. The Balaban J connectivity index is 0.000000101. The van der Waals surface area contributed by atoms with Crippen LogP contribution in [0.3, 0.4) is 0 Å². The van der Waals surface area contributed by atoms with Crippen molar-refractivity contribution in [3.63, 3.8) is 0 Å². The van der Waals surface area contributed by atoms with Gasteiger partial charge in [0.15, 0.2) is 12.7 Å². The van der Waals surface area contributed by atoms with Gasteiger partial charge < -0.3 is 14.6 Å². The molecule has 617 valence electrons. The van der Waals surface area contributed by atoms with Crippen LogP contribution in [0.2, 0.25) is 0 Å². The third-order valence-electron chi connectivity index (χ3n) is 24.1. The van der Waals surface area contributed by atoms with Crippen molar-refractivity contribution in [3.8, 4) is 62.4 Å². The molecule has 0 saturated carbocycles. The largest absolute Gasteiger partial charge is 0.527 e. The molecule has 8 aliphatic rings. The van der Waals surface area contributed by atoms with Gasteiger partial charge in [-0.15, -0.1) is 52.7 Å². The Morgan fingerprint density at radius 1 is 0.524 bits per heavy atom. The van der Waals surface area contributed by atoms with Crippen LogP contribution in [0, 0.1) is 12.1 Å². The van der Waals surface area contributed by atoms with Crippen LogP contribution >= 0.6 is 0 Å². The average Bonchev–Trinajstić information content (AvgIpc) is 1.54. The maximum atomic E-state index is 7.98. The van der Waals surface area contributed by atoms with Gasteiger partial charge in [0.05, 0.1) is 49.9 Å². The van der Waals surface area contributed by atoms with Gasteiger partial charge in [0.25, 0.3) is 17.2 Å². The van der Waals surface area contributed by atoms with Crippen LogP contribution < -0.4 is 28.0 Å². The zero-order chi connectivity index (χ0) is 91.6. The van der Waals surface area contributed by atoms with E-state index in [1.807, 2.05) is 97.2 Å². The Hall–Kier alpha value is -14.4. The second-order valence-electron chi connectivity index (χ2n) is 32.8. The Labute approximate surface area is 760 Å². The molecule has 0 saturated heterocycles. The summed E-state index contributed by atoms with van der Waals surface area (Å²) >= 11 is 0. The van der Waals surface area contributed by atoms with Crippen molar-refractivity contribution in [2.75, 3.05) is 4.90 Å². The van der Waals surface area contributed by atoms with E-state index in [2.05, 4.69) is 321 Å². The van der Waals surface area contributed by atoms with Crippen LogP contribution in [0.4, 0.5) is 5.69 Å². The van der Waals surface area contributed by atoms with E-state index in [9.17, 15) is 0 Å². The van der Waals surface area contributed by atoms with Crippen LogP contribution in [-0.2, 0) is 52.7 Å². The first-order valence-electron chi connectivity index (χ1n) is 46.8. The summed E-state index contributed by atoms with van der Waals surface area (Å²) in [5, 5.41) is 12.8. The van der Waals surface area contributed by atoms with E-state index in [4.69, 9.17) is 20.8 Å². The second-order valence-corrected chi connectivity index (χ2v) is 32.8. The number of hydrogen-bond acceptors (Lipinski definition) is 6. The van der Waals surface area contributed by atoms with Crippen molar-refractivity contribution in [3.05, 3.63) is 445 Å². The minimum atomic E-state index is -0.411. The summed E-state index contributed by atoms with van der Waals surface area (Å²) in [6.45, 7) is 20.3. The molecule has 0 bridgehead atoms. The van der Waals surface area contributed by atoms with Crippen LogP contribution in [0.1, 0.15) is 121 Å². The first-order chi connectivity index (χ1) is 64.8. The zero-order valence-corrected chi connectivity index (χ0v) is 73.2. The molecule has 26 rings (SSSR count). The number of benzene rings is 12. The monoisotopic (exact) mass is 1830 g/mol. The van der Waals surface area contributed by atoms with Crippen molar-refractivity contribution in [1.82, 2.24) is 29.0 Å². The van der Waals surface area contributed by atoms with Crippen molar-refractivity contribution in [2.24, 2.45) is 4.99 Å². The first-order valence-corrected chi connectivity index (χ1v) is 42.8. The number of para-hydroxylation sites is 3. The number of nitrogens with zero attached hydrogens (tertiary/aromatic N) is 12. The SMILES string of the molecule is C1=CC2=CN3c4ccccc4CC3C2N=C1.C=C1Oc2ccccc2[C-]=C1c1ccccn1.CC(C)c1cccc(C(C)C)c1-n1cc[n+]2c1-c1ccccc1C2.CC(C)n1nc2c3ccccc3c3cccc4c3c2[n+]1C4.[2H]c1c([2H])c([2H])c2c(c1[2H])C[n+]1c([2H])c([2H])c([2H])c([2H])c1-2.[Ir].[c-]1ccccc1-c1ccccn1.c1ccc2c(c1)C[n+]1ccn(-c3cccc4ccccc34)c1-2. The number of ether oxygens (including phenoxy) is 1. The predicted molar refractivity (Wildman–Crippen MR) is 503 cm³/mol. The average molecular weight is 1830 g/mol. The summed E-state index contributed by atoms with van der Waals surface area (Å²) in [6.07, 6.45) is 24.9. The Morgan fingerprint density at radius 2 is 1.13 bits per heavy atom. The standard InChI is InChI=1S/C22H25N2.C20H15N2.C18H16N3.C15H10NO.C14H12N2.C12H10N.C11H8N.Ir/c1-15(2)18-10-7-11-19(16(3)4)21(18)24-13-12-23-14-17-8-5-6-9-20(17)22(23)24;1-3-9-17-15(6-1)8-5-11-19(17)22-13-12-21-14-16-7-2-4-10-18(16)20(21)22;1-11(2)21-19-17-15-8-4-3-7-13(15)14-9-5-6-12-10-20(21)18(17)16(12)14;1-11-13(14-7-4-5-9-16-14)10-12-6-2-3-8-15(12)17-11;1-2-6-12-10(4-1)8-13-14-11(9-16(12)13)5-3-7-15-14;1-2-6-11-10(5-1)9-13-8-4-3-7-12(11)13;1-2-6-10(7-3-1)11-8-4-5-9-12-11;/h5-13,15-16H,14H2,1-4H3;1-13H,14H2;3-9,11H,10H2,1-2H3;2-9H,1H2;1-7,9,13-14H,8H2;1-8H,9H2;1-6,8-9H;/q3*+1;-1;;+1;-1;/i;;;;;1D,2D,3D,4D,5D,6D,7D,8D;;. The smallest absolute Gasteiger partial charge is 0.294 e. The molecule has 2 unspecified atom stereocenters. The molecule has 14 heterocycles. The molecule has 13 nitrogen and oxygen atoms in total. The van der Waals surface area contributed by atoms with Crippen molar-refractivity contribution in [1.29, 1.82) is 0 Å². The van der Waals surface area contributed by atoms with Crippen molar-refractivity contribution >= 4 is 60.8 Å². The molecular formula is C112H96IrN12O+2. The Kier molecular flexibility index (Phi) is 20.3. The molecular weight excluding hydrogens is 1720 g/mol. The zero-order valence-electron chi connectivity index (χ0n) is 78.8. The van der Waals surface area contributed by atoms with Gasteiger partial charge in [-0.1, -0.05) is 258 Å². The fourth-order valence-corrected chi connectivity index (χ4v) is 18.3. The maximum absolute atomic E-state index is 7.98. The van der Waals surface area contributed by atoms with Gasteiger partial charge in [0.1, 0.15) is 63.2 Å². The Bertz CT molecular complexity index is 7660. The van der Waals surface area contributed by atoms with Crippen LogP contribution in [-0.4, -0.2) is 47.3 Å². The molecule has 0 spiro atoms. The van der Waals surface area contributed by atoms with Gasteiger partial charge in [-0.3, -0.25) is 9.98 Å². The summed E-state index contributed by atoms with van der Waals surface area (Å²) in [5.41, 5.74) is 24.1. The molecule has 1 radical (unpaired) electrons. The van der Waals surface area contributed by atoms with Gasteiger partial charge in [-0.25, -0.2) is 9.13 Å². The summed E-state index contributed by atoms with van der Waals surface area (Å²) in [6, 6.07) is 92.4. The van der Waals surface area contributed by atoms with Gasteiger partial charge in [-0.2, -0.15) is 13.7 Å². The molecule has 0 amide bonds. The first kappa shape index (κ1) is 72.1. The number of hydrogen-bond donors (Lipinski definition) is 0. The molecule has 0 aliphatic carbocycles. The molecule has 8 aliphatic heterocycles. The minimum Gasteiger partial charge on any atom is -0.527 e. The number of fused-ring (bicyclic) bond motifs is 19. The van der Waals surface area contributed by atoms with E-state index < -0.39 is 12.1 Å². The molecule has 2 atom stereocenters. The minimum absolute atomic E-state index is 0. The number of anilines is 1. The predicted octanol–water partition coefficient (Wildman–Crippen LogP) is 22.7. The van der Waals surface area contributed by atoms with Crippen LogP contribution in [0.15, 0.2) is 388 Å². The fourth-order valence-electron chi connectivity index (χ4n) is 18.3. The van der Waals surface area contributed by atoms with Gasteiger partial charge in [0.2, 0.25) is 11.2 Å². The number of imidazole rings is 2. The summed E-state index contributed by atoms with van der Waals surface area (Å²) < 4.78 is 81.3. The molecule has 6 aromatic heterocycles. The van der Waals surface area contributed by atoms with Gasteiger partial charge in [0, 0.05) is 123 Å². The molecule has 18 aromatic rings. The third kappa shape index (κ3) is 15.5. The van der Waals surface area contributed by atoms with Crippen LogP contribution in [0.5, 0.6) is 5.75 Å². The quantitative estimate of drug-likeness (QED) is 0.0900. The molecule has 0 fully saturated rings. The molecule has 14 heteroatoms. The van der Waals surface area contributed by atoms with Gasteiger partial charge >= 0.3 is 0 Å². The van der Waals surface area contributed by atoms with Crippen molar-refractivity contribution in [2.45, 2.75) is 104 Å². The number of pyridine rings is 3. The number of aromatic nitrogens is 10. The van der Waals surface area contributed by atoms with Crippen molar-refractivity contribution < 1.29 is 54.2 Å². The normalized spacial score (nSPS) is 15.4. The van der Waals surface area contributed by atoms with E-state index in [0.29, 0.717) is 41.3 Å². The van der Waals surface area contributed by atoms with E-state index in [1.165, 1.54) is 121 Å². The van der Waals surface area contributed by atoms with Gasteiger partial charge in [-0.05, 0) is 131 Å². The van der Waals surface area contributed by atoms with E-state index in [-0.39, 0.29) is 74.3 Å². The number of rotatable bonds is 7. The number of dihydropyridines is 1. The fraction of sp³-hybridized carbons (Fsp3) is 0.143. The number of allylic oxidation sites excluding steroid dienone is 2. The summed E-state index contributed by atoms with van der Waals surface area (Å²) in [4.78, 5) is 17.6. The number of aliphatic imine (C=N–C) groups is 1. The van der Waals surface area contributed by atoms with E-state index in [1.54, 1.807) is 12.4 Å². The summed E-state index contributed by atoms with van der Waals surface area (Å²) in [5.74, 6) is 4.95. The third-order valence-corrected chi connectivity index (χ3v) is 24.1.